The molecular formula is C65H102N2. The molecule has 0 aliphatic rings. The van der Waals surface area contributed by atoms with Gasteiger partial charge in [-0.1, -0.05) is 286 Å². The van der Waals surface area contributed by atoms with E-state index in [2.05, 4.69) is 111 Å². The van der Waals surface area contributed by atoms with Gasteiger partial charge in [-0.25, -0.2) is 0 Å². The molecule has 0 radical (unpaired) electrons. The predicted octanol–water partition coefficient (Wildman–Crippen LogP) is 20.6. The van der Waals surface area contributed by atoms with E-state index in [4.69, 9.17) is 11.5 Å². The Morgan fingerprint density at radius 1 is 0.254 bits per heavy atom. The lowest BCUT2D eigenvalue weighted by atomic mass is 9.86. The van der Waals surface area contributed by atoms with Crippen LogP contribution in [0.5, 0.6) is 0 Å². The molecule has 0 aromatic heterocycles. The highest BCUT2D eigenvalue weighted by Gasteiger charge is 2.16. The summed E-state index contributed by atoms with van der Waals surface area (Å²) < 4.78 is 0. The third kappa shape index (κ3) is 25.6. The van der Waals surface area contributed by atoms with E-state index in [0.29, 0.717) is 11.8 Å². The molecule has 2 nitrogen and oxygen atoms in total. The first kappa shape index (κ1) is 56.1. The molecule has 0 bridgehead atoms. The minimum absolute atomic E-state index is 0.466. The van der Waals surface area contributed by atoms with E-state index in [9.17, 15) is 0 Å². The number of nitrogen functional groups attached to an aromatic ring is 2. The maximum absolute atomic E-state index is 6.07. The first-order chi connectivity index (χ1) is 33.1. The van der Waals surface area contributed by atoms with Crippen molar-refractivity contribution in [1.82, 2.24) is 0 Å². The van der Waals surface area contributed by atoms with Crippen molar-refractivity contribution < 1.29 is 0 Å². The molecule has 0 heterocycles. The zero-order valence-corrected chi connectivity index (χ0v) is 43.7. The first-order valence-corrected chi connectivity index (χ1v) is 29.0. The van der Waals surface area contributed by atoms with Crippen molar-refractivity contribution in [2.75, 3.05) is 11.5 Å². The van der Waals surface area contributed by atoms with E-state index < -0.39 is 0 Å². The average molecular weight is 912 g/mol. The third-order valence-electron chi connectivity index (χ3n) is 15.1. The summed E-state index contributed by atoms with van der Waals surface area (Å²) in [5.74, 6) is 0.933. The largest absolute Gasteiger partial charge is 0.399 e. The number of nitrogens with two attached hydrogens (primary N) is 2. The van der Waals surface area contributed by atoms with Crippen LogP contribution in [0.1, 0.15) is 284 Å². The molecule has 67 heavy (non-hydrogen) atoms. The highest BCUT2D eigenvalue weighted by atomic mass is 14.5. The predicted molar refractivity (Wildman–Crippen MR) is 299 cm³/mol. The second-order valence-corrected chi connectivity index (χ2v) is 21.0. The van der Waals surface area contributed by atoms with Crippen molar-refractivity contribution in [3.63, 3.8) is 0 Å². The highest BCUT2D eigenvalue weighted by Crippen LogP contribution is 2.33. The van der Waals surface area contributed by atoms with E-state index in [1.54, 1.807) is 0 Å². The number of anilines is 2. The molecule has 2 atom stereocenters. The third-order valence-corrected chi connectivity index (χ3v) is 15.1. The number of unbranched alkanes of at least 4 members (excludes halogenated alkanes) is 30. The van der Waals surface area contributed by atoms with Crippen LogP contribution in [0, 0.1) is 0 Å². The molecule has 2 unspecified atom stereocenters. The monoisotopic (exact) mass is 911 g/mol. The lowest BCUT2D eigenvalue weighted by molar-refractivity contribution is 0.536. The average Bonchev–Trinajstić information content (AvgIpc) is 3.35. The Kier molecular flexibility index (Phi) is 31.3. The standard InChI is InChI=1S/C65H102N2/c1-3-5-7-9-11-13-22-26-30-34-38-64(60-48-52-62(66)53-49-60)58-44-40-56(41-45-58)36-32-28-24-20-18-16-15-17-19-21-25-29-33-37-57-42-46-59(47-43-57)65(61-50-54-63(67)55-51-61)39-35-31-27-23-14-12-10-8-6-4-2/h40-55,64-65H,3-39,66-67H2,1-2H3. The maximum atomic E-state index is 6.07. The summed E-state index contributed by atoms with van der Waals surface area (Å²) in [5.41, 5.74) is 22.6. The number of aryl methyl sites for hydroxylation is 2. The van der Waals surface area contributed by atoms with Gasteiger partial charge in [0, 0.05) is 23.2 Å². The van der Waals surface area contributed by atoms with E-state index in [0.717, 1.165) is 11.4 Å². The van der Waals surface area contributed by atoms with Crippen LogP contribution in [0.4, 0.5) is 11.4 Å². The minimum atomic E-state index is 0.466. The molecule has 372 valence electrons. The van der Waals surface area contributed by atoms with Crippen molar-refractivity contribution in [2.45, 2.75) is 263 Å². The molecule has 4 N–H and O–H groups in total. The number of hydrogen-bond acceptors (Lipinski definition) is 2. The fourth-order valence-corrected chi connectivity index (χ4v) is 10.6. The van der Waals surface area contributed by atoms with Gasteiger partial charge in [0.15, 0.2) is 0 Å². The fraction of sp³-hybridized carbons (Fsp3) is 0.631. The van der Waals surface area contributed by atoms with Gasteiger partial charge in [0.2, 0.25) is 0 Å². The SMILES string of the molecule is CCCCCCCCCCCCC(c1ccc(N)cc1)c1ccc(CCCCCCCCCCCCCCCc2ccc(C(CCCCCCCCCCCC)c3ccc(N)cc3)cc2)cc1. The van der Waals surface area contributed by atoms with Gasteiger partial charge >= 0.3 is 0 Å². The van der Waals surface area contributed by atoms with Gasteiger partial charge < -0.3 is 11.5 Å². The van der Waals surface area contributed by atoms with Crippen LogP contribution in [0.25, 0.3) is 0 Å². The Labute approximate surface area is 414 Å². The van der Waals surface area contributed by atoms with Crippen LogP contribution in [-0.4, -0.2) is 0 Å². The molecule has 0 aliphatic carbocycles. The van der Waals surface area contributed by atoms with Crippen LogP contribution >= 0.6 is 0 Å². The summed E-state index contributed by atoms with van der Waals surface area (Å²) in [7, 11) is 0. The Morgan fingerprint density at radius 3 is 0.716 bits per heavy atom. The normalized spacial score (nSPS) is 12.4. The van der Waals surface area contributed by atoms with Gasteiger partial charge in [0.05, 0.1) is 0 Å². The summed E-state index contributed by atoms with van der Waals surface area (Å²) in [6.07, 6.45) is 50.7. The maximum Gasteiger partial charge on any atom is 0.0314 e. The fourth-order valence-electron chi connectivity index (χ4n) is 10.6. The molecule has 4 rings (SSSR count). The van der Waals surface area contributed by atoms with Crippen molar-refractivity contribution >= 4 is 11.4 Å². The van der Waals surface area contributed by atoms with Crippen molar-refractivity contribution in [2.24, 2.45) is 0 Å². The smallest absolute Gasteiger partial charge is 0.0314 e. The second kappa shape index (κ2) is 37.4. The number of rotatable bonds is 42. The zero-order chi connectivity index (χ0) is 47.3. The van der Waals surface area contributed by atoms with Crippen LogP contribution in [0.3, 0.4) is 0 Å². The quantitative estimate of drug-likeness (QED) is 0.0344. The molecule has 0 saturated carbocycles. The van der Waals surface area contributed by atoms with Gasteiger partial charge in [0.25, 0.3) is 0 Å². The Morgan fingerprint density at radius 2 is 0.463 bits per heavy atom. The summed E-state index contributed by atoms with van der Waals surface area (Å²) in [6, 6.07) is 36.7. The molecule has 4 aromatic carbocycles. The van der Waals surface area contributed by atoms with Crippen molar-refractivity contribution in [3.05, 3.63) is 130 Å². The van der Waals surface area contributed by atoms with E-state index in [-0.39, 0.29) is 0 Å². The van der Waals surface area contributed by atoms with E-state index in [1.165, 1.54) is 271 Å². The molecule has 2 heteroatoms. The van der Waals surface area contributed by atoms with Crippen molar-refractivity contribution in [1.29, 1.82) is 0 Å². The first-order valence-electron chi connectivity index (χ1n) is 29.0. The van der Waals surface area contributed by atoms with Gasteiger partial charge in [-0.15, -0.1) is 0 Å². The van der Waals surface area contributed by atoms with Gasteiger partial charge in [-0.05, 0) is 96.2 Å². The topological polar surface area (TPSA) is 52.0 Å². The molecular weight excluding hydrogens is 809 g/mol. The van der Waals surface area contributed by atoms with Crippen LogP contribution < -0.4 is 11.5 Å². The van der Waals surface area contributed by atoms with E-state index in [1.807, 2.05) is 0 Å². The summed E-state index contributed by atoms with van der Waals surface area (Å²) in [4.78, 5) is 0. The number of hydrogen-bond donors (Lipinski definition) is 2. The molecule has 0 amide bonds. The van der Waals surface area contributed by atoms with Crippen LogP contribution in [0.15, 0.2) is 97.1 Å². The zero-order valence-electron chi connectivity index (χ0n) is 43.7. The van der Waals surface area contributed by atoms with Gasteiger partial charge in [0.1, 0.15) is 0 Å². The lowest BCUT2D eigenvalue weighted by Crippen LogP contribution is -2.02. The van der Waals surface area contributed by atoms with Crippen molar-refractivity contribution in [3.8, 4) is 0 Å². The lowest BCUT2D eigenvalue weighted by Gasteiger charge is -2.19. The summed E-state index contributed by atoms with van der Waals surface area (Å²) >= 11 is 0. The number of benzene rings is 4. The van der Waals surface area contributed by atoms with Crippen LogP contribution in [-0.2, 0) is 12.8 Å². The molecule has 0 spiro atoms. The summed E-state index contributed by atoms with van der Waals surface area (Å²) in [6.45, 7) is 4.61. The Bertz CT molecular complexity index is 1580. The highest BCUT2D eigenvalue weighted by molar-refractivity contribution is 5.44. The van der Waals surface area contributed by atoms with Gasteiger partial charge in [-0.2, -0.15) is 0 Å². The van der Waals surface area contributed by atoms with E-state index >= 15 is 0 Å². The second-order valence-electron chi connectivity index (χ2n) is 21.0. The molecule has 0 fully saturated rings. The molecule has 4 aromatic rings. The molecule has 0 aliphatic heterocycles. The van der Waals surface area contributed by atoms with Crippen LogP contribution in [0.2, 0.25) is 0 Å². The van der Waals surface area contributed by atoms with Gasteiger partial charge in [-0.3, -0.25) is 0 Å². The Hall–Kier alpha value is -3.52. The summed E-state index contributed by atoms with van der Waals surface area (Å²) in [5, 5.41) is 0. The Balaban J connectivity index is 0.995. The minimum Gasteiger partial charge on any atom is -0.399 e. The molecule has 0 saturated heterocycles.